The lowest BCUT2D eigenvalue weighted by molar-refractivity contribution is -0.139. The Morgan fingerprint density at radius 2 is 2.21 bits per heavy atom. The molecule has 1 rings (SSSR count). The zero-order valence-electron chi connectivity index (χ0n) is 7.45. The Balaban J connectivity index is 2.87. The zero-order chi connectivity index (χ0) is 10.7. The van der Waals surface area contributed by atoms with Gasteiger partial charge in [0.05, 0.1) is 5.02 Å². The summed E-state index contributed by atoms with van der Waals surface area (Å²) in [6.45, 7) is 1.27. The normalized spacial score (nSPS) is 9.86. The van der Waals surface area contributed by atoms with Gasteiger partial charge in [-0.1, -0.05) is 11.6 Å². The van der Waals surface area contributed by atoms with Gasteiger partial charge in [-0.3, -0.25) is 0 Å². The topological polar surface area (TPSA) is 66.8 Å². The highest BCUT2D eigenvalue weighted by Crippen LogP contribution is 2.31. The fourth-order valence-electron chi connectivity index (χ4n) is 0.937. The summed E-state index contributed by atoms with van der Waals surface area (Å²) in [4.78, 5) is 10.2. The maximum atomic E-state index is 10.2. The second kappa shape index (κ2) is 4.19. The summed E-state index contributed by atoms with van der Waals surface area (Å²) >= 11 is 5.63. The van der Waals surface area contributed by atoms with E-state index in [0.29, 0.717) is 11.3 Å². The van der Waals surface area contributed by atoms with Crippen molar-refractivity contribution in [1.82, 2.24) is 0 Å². The Hall–Kier alpha value is -1.42. The van der Waals surface area contributed by atoms with Gasteiger partial charge < -0.3 is 14.9 Å². The first kappa shape index (κ1) is 10.7. The molecule has 0 atom stereocenters. The maximum Gasteiger partial charge on any atom is 0.341 e. The number of halogens is 1. The van der Waals surface area contributed by atoms with Crippen LogP contribution in [0.2, 0.25) is 5.02 Å². The van der Waals surface area contributed by atoms with Crippen LogP contribution >= 0.6 is 11.6 Å². The van der Waals surface area contributed by atoms with Crippen LogP contribution in [-0.2, 0) is 4.79 Å². The molecular formula is C9H9ClO4. The van der Waals surface area contributed by atoms with E-state index in [4.69, 9.17) is 21.4 Å². The molecule has 1 aromatic carbocycles. The van der Waals surface area contributed by atoms with Crippen LogP contribution in [0.15, 0.2) is 12.1 Å². The van der Waals surface area contributed by atoms with Crippen molar-refractivity contribution in [1.29, 1.82) is 0 Å². The SMILES string of the molecule is Cc1cc(Cl)c(O)cc1OCC(=O)O. The molecule has 4 nitrogen and oxygen atoms in total. The number of carbonyl (C=O) groups is 1. The number of aryl methyl sites for hydroxylation is 1. The van der Waals surface area contributed by atoms with Crippen LogP contribution in [0.4, 0.5) is 0 Å². The number of hydrogen-bond donors (Lipinski definition) is 2. The Morgan fingerprint density at radius 1 is 1.57 bits per heavy atom. The number of carboxylic acid groups (broad SMARTS) is 1. The summed E-state index contributed by atoms with van der Waals surface area (Å²) in [5, 5.41) is 17.8. The lowest BCUT2D eigenvalue weighted by atomic mass is 10.2. The molecule has 0 aromatic heterocycles. The van der Waals surface area contributed by atoms with Gasteiger partial charge in [0.15, 0.2) is 6.61 Å². The standard InChI is InChI=1S/C9H9ClO4/c1-5-2-6(10)7(11)3-8(5)14-4-9(12)13/h2-3,11H,4H2,1H3,(H,12,13). The Kier molecular flexibility index (Phi) is 3.19. The van der Waals surface area contributed by atoms with Gasteiger partial charge >= 0.3 is 5.97 Å². The number of carboxylic acids is 1. The molecule has 0 saturated carbocycles. The molecule has 0 heterocycles. The van der Waals surface area contributed by atoms with Crippen molar-refractivity contribution in [3.63, 3.8) is 0 Å². The van der Waals surface area contributed by atoms with E-state index >= 15 is 0 Å². The number of aliphatic carboxylic acids is 1. The Bertz CT molecular complexity index is 362. The van der Waals surface area contributed by atoms with Crippen LogP contribution in [0, 0.1) is 6.92 Å². The third-order valence-electron chi connectivity index (χ3n) is 1.60. The highest BCUT2D eigenvalue weighted by Gasteiger charge is 2.07. The molecule has 1 aromatic rings. The van der Waals surface area contributed by atoms with E-state index in [-0.39, 0.29) is 10.8 Å². The number of aromatic hydroxyl groups is 1. The summed E-state index contributed by atoms with van der Waals surface area (Å²) in [7, 11) is 0. The van der Waals surface area contributed by atoms with Crippen molar-refractivity contribution in [3.05, 3.63) is 22.7 Å². The van der Waals surface area contributed by atoms with Gasteiger partial charge in [-0.2, -0.15) is 0 Å². The predicted octanol–water partition coefficient (Wildman–Crippen LogP) is 1.82. The van der Waals surface area contributed by atoms with Crippen LogP contribution < -0.4 is 4.74 Å². The van der Waals surface area contributed by atoms with E-state index in [1.807, 2.05) is 0 Å². The largest absolute Gasteiger partial charge is 0.506 e. The summed E-state index contributed by atoms with van der Waals surface area (Å²) < 4.78 is 4.92. The van der Waals surface area contributed by atoms with Crippen LogP contribution in [-0.4, -0.2) is 22.8 Å². The second-order valence-electron chi connectivity index (χ2n) is 2.75. The lowest BCUT2D eigenvalue weighted by Crippen LogP contribution is -2.09. The first-order chi connectivity index (χ1) is 6.50. The molecule has 5 heteroatoms. The molecular weight excluding hydrogens is 208 g/mol. The fraction of sp³-hybridized carbons (Fsp3) is 0.222. The van der Waals surface area contributed by atoms with Crippen LogP contribution in [0.1, 0.15) is 5.56 Å². The molecule has 0 aliphatic rings. The Labute approximate surface area is 85.7 Å². The van der Waals surface area contributed by atoms with E-state index in [1.165, 1.54) is 12.1 Å². The van der Waals surface area contributed by atoms with Crippen molar-refractivity contribution in [2.75, 3.05) is 6.61 Å². The van der Waals surface area contributed by atoms with Gasteiger partial charge in [-0.25, -0.2) is 4.79 Å². The van der Waals surface area contributed by atoms with E-state index < -0.39 is 12.6 Å². The summed E-state index contributed by atoms with van der Waals surface area (Å²) in [5.41, 5.74) is 0.675. The van der Waals surface area contributed by atoms with Crippen LogP contribution in [0.25, 0.3) is 0 Å². The molecule has 0 radical (unpaired) electrons. The fourth-order valence-corrected chi connectivity index (χ4v) is 1.16. The first-order valence-corrected chi connectivity index (χ1v) is 4.22. The first-order valence-electron chi connectivity index (χ1n) is 3.84. The third-order valence-corrected chi connectivity index (χ3v) is 1.90. The van der Waals surface area contributed by atoms with E-state index in [1.54, 1.807) is 6.92 Å². The quantitative estimate of drug-likeness (QED) is 0.809. The van der Waals surface area contributed by atoms with E-state index in [9.17, 15) is 9.90 Å². The van der Waals surface area contributed by atoms with Crippen molar-refractivity contribution in [2.45, 2.75) is 6.92 Å². The number of benzene rings is 1. The number of phenolic OH excluding ortho intramolecular Hbond substituents is 1. The zero-order valence-corrected chi connectivity index (χ0v) is 8.21. The molecule has 76 valence electrons. The van der Waals surface area contributed by atoms with Gasteiger partial charge in [0.1, 0.15) is 11.5 Å². The van der Waals surface area contributed by atoms with Crippen molar-refractivity contribution in [2.24, 2.45) is 0 Å². The lowest BCUT2D eigenvalue weighted by Gasteiger charge is -2.08. The molecule has 0 saturated heterocycles. The van der Waals surface area contributed by atoms with Crippen LogP contribution in [0.3, 0.4) is 0 Å². The molecule has 0 fully saturated rings. The number of phenols is 1. The summed E-state index contributed by atoms with van der Waals surface area (Å²) in [6, 6.07) is 2.80. The van der Waals surface area contributed by atoms with Crippen molar-refractivity contribution in [3.8, 4) is 11.5 Å². The predicted molar refractivity (Wildman–Crippen MR) is 51.0 cm³/mol. The monoisotopic (exact) mass is 216 g/mol. The molecule has 2 N–H and O–H groups in total. The Morgan fingerprint density at radius 3 is 2.79 bits per heavy atom. The second-order valence-corrected chi connectivity index (χ2v) is 3.16. The van der Waals surface area contributed by atoms with Gasteiger partial charge in [0.2, 0.25) is 0 Å². The smallest absolute Gasteiger partial charge is 0.341 e. The highest BCUT2D eigenvalue weighted by atomic mass is 35.5. The average Bonchev–Trinajstić information content (AvgIpc) is 2.09. The van der Waals surface area contributed by atoms with Gasteiger partial charge in [-0.15, -0.1) is 0 Å². The van der Waals surface area contributed by atoms with Gasteiger partial charge in [-0.05, 0) is 18.6 Å². The average molecular weight is 217 g/mol. The highest BCUT2D eigenvalue weighted by molar-refractivity contribution is 6.32. The molecule has 0 spiro atoms. The van der Waals surface area contributed by atoms with Gasteiger partial charge in [0, 0.05) is 6.07 Å². The van der Waals surface area contributed by atoms with Gasteiger partial charge in [0.25, 0.3) is 0 Å². The number of ether oxygens (including phenoxy) is 1. The molecule has 0 aliphatic heterocycles. The minimum Gasteiger partial charge on any atom is -0.506 e. The van der Waals surface area contributed by atoms with Crippen LogP contribution in [0.5, 0.6) is 11.5 Å². The molecule has 0 amide bonds. The van der Waals surface area contributed by atoms with E-state index in [2.05, 4.69) is 0 Å². The van der Waals surface area contributed by atoms with Crippen molar-refractivity contribution < 1.29 is 19.7 Å². The summed E-state index contributed by atoms with van der Waals surface area (Å²) in [5.74, 6) is -0.884. The minimum absolute atomic E-state index is 0.127. The third kappa shape index (κ3) is 2.53. The molecule has 0 unspecified atom stereocenters. The summed E-state index contributed by atoms with van der Waals surface area (Å²) in [6.07, 6.45) is 0. The van der Waals surface area contributed by atoms with E-state index in [0.717, 1.165) is 0 Å². The maximum absolute atomic E-state index is 10.2. The minimum atomic E-state index is -1.07. The molecule has 0 aliphatic carbocycles. The molecule has 0 bridgehead atoms. The molecule has 14 heavy (non-hydrogen) atoms. The number of rotatable bonds is 3. The van der Waals surface area contributed by atoms with Crippen molar-refractivity contribution >= 4 is 17.6 Å². The number of hydrogen-bond acceptors (Lipinski definition) is 3.